The van der Waals surface area contributed by atoms with Gasteiger partial charge in [-0.3, -0.25) is 0 Å². The normalized spacial score (nSPS) is 12.1. The van der Waals surface area contributed by atoms with E-state index in [1.54, 1.807) is 18.2 Å². The molecule has 0 aliphatic carbocycles. The van der Waals surface area contributed by atoms with Gasteiger partial charge in [-0.2, -0.15) is 13.2 Å². The van der Waals surface area contributed by atoms with Crippen LogP contribution in [-0.4, -0.2) is 4.98 Å². The van der Waals surface area contributed by atoms with Crippen LogP contribution in [0.4, 0.5) is 13.2 Å². The van der Waals surface area contributed by atoms with E-state index in [-0.39, 0.29) is 0 Å². The lowest BCUT2D eigenvalue weighted by atomic mass is 10.2. The topological polar surface area (TPSA) is 12.9 Å². The Balaban J connectivity index is 2.81. The van der Waals surface area contributed by atoms with Gasteiger partial charge in [0.15, 0.2) is 0 Å². The molecule has 0 fully saturated rings. The van der Waals surface area contributed by atoms with Crippen molar-refractivity contribution in [3.8, 4) is 0 Å². The zero-order valence-corrected chi connectivity index (χ0v) is 11.4. The molecule has 0 bridgehead atoms. The van der Waals surface area contributed by atoms with Gasteiger partial charge in [-0.15, -0.1) is 0 Å². The van der Waals surface area contributed by atoms with Gasteiger partial charge in [0.05, 0.1) is 5.52 Å². The molecule has 0 aliphatic rings. The Bertz CT molecular complexity index is 553. The maximum atomic E-state index is 12.5. The van der Waals surface area contributed by atoms with E-state index in [9.17, 15) is 13.2 Å². The number of halogens is 5. The highest BCUT2D eigenvalue weighted by molar-refractivity contribution is 14.1. The van der Waals surface area contributed by atoms with Gasteiger partial charge in [-0.25, -0.2) is 4.98 Å². The summed E-state index contributed by atoms with van der Waals surface area (Å²) in [6.45, 7) is 0. The van der Waals surface area contributed by atoms with Gasteiger partial charge in [0.2, 0.25) is 0 Å². The Hall–Kier alpha value is -0.370. The summed E-state index contributed by atoms with van der Waals surface area (Å²) in [5, 5.41) is 0.680. The molecule has 6 heteroatoms. The average Bonchev–Trinajstić information content (AvgIpc) is 2.18. The molecule has 1 heterocycles. The molecular formula is C10H4BrF3IN. The van der Waals surface area contributed by atoms with Gasteiger partial charge in [0, 0.05) is 13.4 Å². The van der Waals surface area contributed by atoms with Gasteiger partial charge in [0.1, 0.15) is 5.69 Å². The van der Waals surface area contributed by atoms with E-state index in [2.05, 4.69) is 20.9 Å². The van der Waals surface area contributed by atoms with Crippen LogP contribution in [0.15, 0.2) is 28.7 Å². The van der Waals surface area contributed by atoms with Gasteiger partial charge < -0.3 is 0 Å². The summed E-state index contributed by atoms with van der Waals surface area (Å²) in [4.78, 5) is 3.64. The first-order valence-corrected chi connectivity index (χ1v) is 6.09. The Morgan fingerprint density at radius 3 is 2.56 bits per heavy atom. The van der Waals surface area contributed by atoms with Crippen molar-refractivity contribution in [2.75, 3.05) is 0 Å². The molecule has 1 aromatic carbocycles. The quantitative estimate of drug-likeness (QED) is 0.587. The summed E-state index contributed by atoms with van der Waals surface area (Å²) < 4.78 is 38.7. The van der Waals surface area contributed by atoms with Crippen LogP contribution >= 0.6 is 38.5 Å². The number of benzene rings is 1. The van der Waals surface area contributed by atoms with Crippen molar-refractivity contribution >= 4 is 49.4 Å². The van der Waals surface area contributed by atoms with E-state index in [1.165, 1.54) is 0 Å². The second kappa shape index (κ2) is 4.14. The number of hydrogen-bond donors (Lipinski definition) is 0. The number of aromatic nitrogens is 1. The summed E-state index contributed by atoms with van der Waals surface area (Å²) in [5.41, 5.74) is -0.513. The van der Waals surface area contributed by atoms with Crippen molar-refractivity contribution in [1.29, 1.82) is 0 Å². The first kappa shape index (κ1) is 12.1. The predicted molar refractivity (Wildman–Crippen MR) is 67.2 cm³/mol. The molecule has 1 aromatic heterocycles. The molecule has 0 amide bonds. The molecule has 0 saturated carbocycles. The molecule has 0 aliphatic heterocycles. The molecule has 0 unspecified atom stereocenters. The largest absolute Gasteiger partial charge is 0.433 e. The number of rotatable bonds is 0. The minimum Gasteiger partial charge on any atom is -0.242 e. The van der Waals surface area contributed by atoms with E-state index < -0.39 is 11.9 Å². The molecule has 0 atom stereocenters. The van der Waals surface area contributed by atoms with Crippen molar-refractivity contribution in [1.82, 2.24) is 4.98 Å². The molecule has 0 radical (unpaired) electrons. The van der Waals surface area contributed by atoms with Crippen molar-refractivity contribution in [3.05, 3.63) is 38.0 Å². The standard InChI is InChI=1S/C10H4BrF3IN/c11-6-4-8(10(12,13)14)16-9-5(6)2-1-3-7(9)15/h1-4H. The lowest BCUT2D eigenvalue weighted by molar-refractivity contribution is -0.141. The fourth-order valence-electron chi connectivity index (χ4n) is 1.32. The molecule has 16 heavy (non-hydrogen) atoms. The Morgan fingerprint density at radius 2 is 1.94 bits per heavy atom. The van der Waals surface area contributed by atoms with Crippen molar-refractivity contribution < 1.29 is 13.2 Å². The van der Waals surface area contributed by atoms with E-state index in [0.717, 1.165) is 6.07 Å². The molecule has 0 saturated heterocycles. The van der Waals surface area contributed by atoms with E-state index in [4.69, 9.17) is 0 Å². The number of fused-ring (bicyclic) bond motifs is 1. The monoisotopic (exact) mass is 401 g/mol. The SMILES string of the molecule is FC(F)(F)c1cc(Br)c2cccc(I)c2n1. The zero-order valence-electron chi connectivity index (χ0n) is 7.65. The van der Waals surface area contributed by atoms with Crippen molar-refractivity contribution in [3.63, 3.8) is 0 Å². The van der Waals surface area contributed by atoms with E-state index in [0.29, 0.717) is 18.9 Å². The molecule has 0 spiro atoms. The highest BCUT2D eigenvalue weighted by Crippen LogP contribution is 2.34. The van der Waals surface area contributed by atoms with Crippen LogP contribution in [0.25, 0.3) is 10.9 Å². The Kier molecular flexibility index (Phi) is 3.13. The Morgan fingerprint density at radius 1 is 1.25 bits per heavy atom. The molecule has 84 valence electrons. The fraction of sp³-hybridized carbons (Fsp3) is 0.100. The van der Waals surface area contributed by atoms with Gasteiger partial charge >= 0.3 is 6.18 Å². The highest BCUT2D eigenvalue weighted by Gasteiger charge is 2.33. The molecule has 2 rings (SSSR count). The third-order valence-electron chi connectivity index (χ3n) is 2.03. The van der Waals surface area contributed by atoms with Crippen molar-refractivity contribution in [2.45, 2.75) is 6.18 Å². The highest BCUT2D eigenvalue weighted by atomic mass is 127. The maximum Gasteiger partial charge on any atom is 0.433 e. The van der Waals surface area contributed by atoms with E-state index >= 15 is 0 Å². The van der Waals surface area contributed by atoms with Crippen LogP contribution in [0.1, 0.15) is 5.69 Å². The van der Waals surface area contributed by atoms with Crippen LogP contribution in [0, 0.1) is 3.57 Å². The molecule has 1 nitrogen and oxygen atoms in total. The van der Waals surface area contributed by atoms with Crippen LogP contribution in [0.3, 0.4) is 0 Å². The summed E-state index contributed by atoms with van der Waals surface area (Å²) in [7, 11) is 0. The van der Waals surface area contributed by atoms with Crippen LogP contribution in [0.2, 0.25) is 0 Å². The third kappa shape index (κ3) is 2.17. The first-order valence-electron chi connectivity index (χ1n) is 4.21. The van der Waals surface area contributed by atoms with Gasteiger partial charge in [0.25, 0.3) is 0 Å². The van der Waals surface area contributed by atoms with Crippen LogP contribution in [0.5, 0.6) is 0 Å². The number of hydrogen-bond acceptors (Lipinski definition) is 1. The van der Waals surface area contributed by atoms with Crippen molar-refractivity contribution in [2.24, 2.45) is 0 Å². The molecular weight excluding hydrogens is 398 g/mol. The maximum absolute atomic E-state index is 12.5. The lowest BCUT2D eigenvalue weighted by Gasteiger charge is -2.09. The smallest absolute Gasteiger partial charge is 0.242 e. The second-order valence-electron chi connectivity index (χ2n) is 3.12. The number of pyridine rings is 1. The third-order valence-corrected chi connectivity index (χ3v) is 3.56. The first-order chi connectivity index (χ1) is 7.39. The number of alkyl halides is 3. The van der Waals surface area contributed by atoms with Crippen LogP contribution < -0.4 is 0 Å². The lowest BCUT2D eigenvalue weighted by Crippen LogP contribution is -2.08. The van der Waals surface area contributed by atoms with Crippen LogP contribution in [-0.2, 0) is 6.18 Å². The van der Waals surface area contributed by atoms with Gasteiger partial charge in [-0.05, 0) is 34.7 Å². The summed E-state index contributed by atoms with van der Waals surface area (Å²) in [6, 6.07) is 6.24. The summed E-state index contributed by atoms with van der Waals surface area (Å²) in [6.07, 6.45) is -4.42. The molecule has 2 aromatic rings. The summed E-state index contributed by atoms with van der Waals surface area (Å²) >= 11 is 5.10. The summed E-state index contributed by atoms with van der Waals surface area (Å²) in [5.74, 6) is 0. The zero-order chi connectivity index (χ0) is 11.9. The number of nitrogens with zero attached hydrogens (tertiary/aromatic N) is 1. The minimum atomic E-state index is -4.42. The van der Waals surface area contributed by atoms with Gasteiger partial charge in [-0.1, -0.05) is 28.1 Å². The Labute approximate surface area is 111 Å². The van der Waals surface area contributed by atoms with E-state index in [1.807, 2.05) is 22.6 Å². The minimum absolute atomic E-state index is 0.366. The second-order valence-corrected chi connectivity index (χ2v) is 5.14. The predicted octanol–water partition coefficient (Wildman–Crippen LogP) is 4.62. The average molecular weight is 402 g/mol. The fourth-order valence-corrected chi connectivity index (χ4v) is 2.47. The number of para-hydroxylation sites is 1. The molecule has 0 N–H and O–H groups in total.